The normalized spacial score (nSPS) is 14.6. The van der Waals surface area contributed by atoms with Gasteiger partial charge in [-0.05, 0) is 61.7 Å². The summed E-state index contributed by atoms with van der Waals surface area (Å²) >= 11 is 0. The fourth-order valence-corrected chi connectivity index (χ4v) is 5.09. The van der Waals surface area contributed by atoms with Crippen LogP contribution in [0.15, 0.2) is 60.9 Å². The summed E-state index contributed by atoms with van der Waals surface area (Å²) in [6, 6.07) is 15.1. The molecule has 0 fully saturated rings. The molecule has 2 heterocycles. The van der Waals surface area contributed by atoms with Crippen LogP contribution in [0.3, 0.4) is 0 Å². The number of carbonyl (C=O) groups excluding carboxylic acids is 2. The van der Waals surface area contributed by atoms with Gasteiger partial charge in [0.05, 0.1) is 0 Å². The first kappa shape index (κ1) is 29.3. The first-order valence-electron chi connectivity index (χ1n) is 14.6. The lowest BCUT2D eigenvalue weighted by Crippen LogP contribution is -2.37. The molecule has 8 heteroatoms. The zero-order valence-corrected chi connectivity index (χ0v) is 23.9. The lowest BCUT2D eigenvalue weighted by atomic mass is 10.0. The monoisotopic (exact) mass is 545 g/mol. The van der Waals surface area contributed by atoms with E-state index in [0.717, 1.165) is 62.3 Å². The molecule has 3 aromatic rings. The number of aryl methyl sites for hydroxylation is 1. The number of imidazole rings is 1. The van der Waals surface area contributed by atoms with Crippen LogP contribution in [0.4, 0.5) is 5.69 Å². The molecule has 0 bridgehead atoms. The van der Waals surface area contributed by atoms with Gasteiger partial charge in [0.15, 0.2) is 6.61 Å². The minimum absolute atomic E-state index is 0.0332. The minimum Gasteiger partial charge on any atom is -0.484 e. The fourth-order valence-electron chi connectivity index (χ4n) is 5.09. The van der Waals surface area contributed by atoms with Gasteiger partial charge in [0, 0.05) is 55.7 Å². The maximum Gasteiger partial charge on any atom is 0.264 e. The molecule has 214 valence electrons. The molecule has 1 aliphatic heterocycles. The lowest BCUT2D eigenvalue weighted by molar-refractivity contribution is -0.120. The third kappa shape index (κ3) is 8.42. The molecule has 0 spiro atoms. The molecule has 2 N–H and O–H groups in total. The number of hydrogen-bond donors (Lipinski definition) is 2. The number of nitrogens with one attached hydrogen (secondary N) is 2. The SMILES string of the molecule is CC(C)c1nccn1CCCNC(=O)c1ccc2c(c1)CNCCCCCCCN2C(=O)COc1ccccc1. The van der Waals surface area contributed by atoms with Crippen molar-refractivity contribution in [1.29, 1.82) is 0 Å². The van der Waals surface area contributed by atoms with E-state index in [1.165, 1.54) is 6.42 Å². The summed E-state index contributed by atoms with van der Waals surface area (Å²) < 4.78 is 7.95. The highest BCUT2D eigenvalue weighted by atomic mass is 16.5. The van der Waals surface area contributed by atoms with Crippen LogP contribution in [0.2, 0.25) is 0 Å². The zero-order chi connectivity index (χ0) is 28.2. The molecule has 0 atom stereocenters. The van der Waals surface area contributed by atoms with Crippen LogP contribution in [0, 0.1) is 0 Å². The van der Waals surface area contributed by atoms with E-state index in [0.29, 0.717) is 36.9 Å². The zero-order valence-electron chi connectivity index (χ0n) is 23.9. The predicted molar refractivity (Wildman–Crippen MR) is 159 cm³/mol. The van der Waals surface area contributed by atoms with E-state index < -0.39 is 0 Å². The van der Waals surface area contributed by atoms with Gasteiger partial charge in [-0.1, -0.05) is 51.3 Å². The Labute approximate surface area is 238 Å². The molecule has 2 aromatic carbocycles. The Morgan fingerprint density at radius 1 is 1.05 bits per heavy atom. The quantitative estimate of drug-likeness (QED) is 0.357. The summed E-state index contributed by atoms with van der Waals surface area (Å²) in [5.41, 5.74) is 2.39. The number of para-hydroxylation sites is 1. The number of rotatable bonds is 9. The highest BCUT2D eigenvalue weighted by Crippen LogP contribution is 2.25. The first-order chi connectivity index (χ1) is 19.5. The molecule has 0 saturated heterocycles. The molecular weight excluding hydrogens is 502 g/mol. The summed E-state index contributed by atoms with van der Waals surface area (Å²) in [6.07, 6.45) is 10.1. The molecule has 4 rings (SSSR count). The Morgan fingerprint density at radius 3 is 2.67 bits per heavy atom. The van der Waals surface area contributed by atoms with Crippen molar-refractivity contribution in [3.05, 3.63) is 77.9 Å². The van der Waals surface area contributed by atoms with Crippen LogP contribution in [0.5, 0.6) is 5.75 Å². The van der Waals surface area contributed by atoms with E-state index in [1.54, 1.807) is 0 Å². The highest BCUT2D eigenvalue weighted by Gasteiger charge is 2.21. The Hall–Kier alpha value is -3.65. The van der Waals surface area contributed by atoms with Gasteiger partial charge < -0.3 is 24.8 Å². The van der Waals surface area contributed by atoms with Crippen LogP contribution in [-0.2, 0) is 17.9 Å². The van der Waals surface area contributed by atoms with Crippen molar-refractivity contribution in [3.63, 3.8) is 0 Å². The van der Waals surface area contributed by atoms with Crippen molar-refractivity contribution >= 4 is 17.5 Å². The molecule has 0 unspecified atom stereocenters. The average Bonchev–Trinajstić information content (AvgIpc) is 3.44. The third-order valence-corrected chi connectivity index (χ3v) is 7.22. The van der Waals surface area contributed by atoms with Crippen molar-refractivity contribution in [2.24, 2.45) is 0 Å². The van der Waals surface area contributed by atoms with E-state index in [-0.39, 0.29) is 18.4 Å². The van der Waals surface area contributed by atoms with Gasteiger partial charge in [0.2, 0.25) is 0 Å². The van der Waals surface area contributed by atoms with E-state index in [4.69, 9.17) is 4.74 Å². The summed E-state index contributed by atoms with van der Waals surface area (Å²) in [5, 5.41) is 6.58. The van der Waals surface area contributed by atoms with Crippen LogP contribution in [-0.4, -0.2) is 47.6 Å². The molecule has 2 amide bonds. The molecule has 1 aliphatic rings. The first-order valence-corrected chi connectivity index (χ1v) is 14.6. The van der Waals surface area contributed by atoms with Crippen molar-refractivity contribution < 1.29 is 14.3 Å². The van der Waals surface area contributed by atoms with Crippen LogP contribution >= 0.6 is 0 Å². The maximum absolute atomic E-state index is 13.4. The van der Waals surface area contributed by atoms with Gasteiger partial charge in [-0.25, -0.2) is 4.98 Å². The van der Waals surface area contributed by atoms with Crippen LogP contribution < -0.4 is 20.3 Å². The van der Waals surface area contributed by atoms with Crippen molar-refractivity contribution in [2.75, 3.05) is 31.1 Å². The highest BCUT2D eigenvalue weighted by molar-refractivity contribution is 5.98. The number of amides is 2. The Morgan fingerprint density at radius 2 is 1.85 bits per heavy atom. The molecule has 0 aliphatic carbocycles. The van der Waals surface area contributed by atoms with Gasteiger partial charge in [-0.2, -0.15) is 0 Å². The maximum atomic E-state index is 13.4. The fraction of sp³-hybridized carbons (Fsp3) is 0.469. The number of nitrogens with zero attached hydrogens (tertiary/aromatic N) is 3. The van der Waals surface area contributed by atoms with Gasteiger partial charge in [0.1, 0.15) is 11.6 Å². The smallest absolute Gasteiger partial charge is 0.264 e. The van der Waals surface area contributed by atoms with E-state index in [9.17, 15) is 9.59 Å². The van der Waals surface area contributed by atoms with Crippen molar-refractivity contribution in [2.45, 2.75) is 71.4 Å². The largest absolute Gasteiger partial charge is 0.484 e. The molecule has 8 nitrogen and oxygen atoms in total. The average molecular weight is 546 g/mol. The Bertz CT molecular complexity index is 1220. The molecule has 0 radical (unpaired) electrons. The van der Waals surface area contributed by atoms with Gasteiger partial charge in [-0.15, -0.1) is 0 Å². The van der Waals surface area contributed by atoms with Gasteiger partial charge >= 0.3 is 0 Å². The topological polar surface area (TPSA) is 88.5 Å². The number of carbonyl (C=O) groups is 2. The molecule has 0 saturated carbocycles. The summed E-state index contributed by atoms with van der Waals surface area (Å²) in [4.78, 5) is 32.7. The minimum atomic E-state index is -0.103. The van der Waals surface area contributed by atoms with Gasteiger partial charge in [0.25, 0.3) is 11.8 Å². The number of hydrogen-bond acceptors (Lipinski definition) is 5. The van der Waals surface area contributed by atoms with Gasteiger partial charge in [-0.3, -0.25) is 9.59 Å². The Balaban J connectivity index is 1.44. The second kappa shape index (κ2) is 15.2. The molecule has 40 heavy (non-hydrogen) atoms. The Kier molecular flexibility index (Phi) is 11.2. The third-order valence-electron chi connectivity index (χ3n) is 7.22. The molecule has 1 aromatic heterocycles. The van der Waals surface area contributed by atoms with Crippen molar-refractivity contribution in [1.82, 2.24) is 20.2 Å². The number of anilines is 1. The predicted octanol–water partition coefficient (Wildman–Crippen LogP) is 5.29. The van der Waals surface area contributed by atoms with E-state index in [2.05, 4.69) is 34.0 Å². The van der Waals surface area contributed by atoms with Crippen LogP contribution in [0.1, 0.15) is 80.0 Å². The lowest BCUT2D eigenvalue weighted by Gasteiger charge is -2.26. The van der Waals surface area contributed by atoms with E-state index >= 15 is 0 Å². The summed E-state index contributed by atoms with van der Waals surface area (Å²) in [5.74, 6) is 1.91. The standard InChI is InChI=1S/C32H43N5O3/c1-25(2)31-34-18-21-36(31)19-11-17-35-32(39)26-14-15-29-27(22-26)23-33-16-9-4-3-5-10-20-37(29)30(38)24-40-28-12-7-6-8-13-28/h6-8,12-15,18,21-22,25,33H,3-5,9-11,16-17,19-20,23-24H2,1-2H3,(H,35,39). The second-order valence-corrected chi connectivity index (χ2v) is 10.7. The van der Waals surface area contributed by atoms with Crippen LogP contribution in [0.25, 0.3) is 0 Å². The second-order valence-electron chi connectivity index (χ2n) is 10.7. The molecular formula is C32H43N5O3. The number of ether oxygens (including phenoxy) is 1. The van der Waals surface area contributed by atoms with E-state index in [1.807, 2.05) is 65.8 Å². The number of benzene rings is 2. The summed E-state index contributed by atoms with van der Waals surface area (Å²) in [6.45, 7) is 7.75. The number of aromatic nitrogens is 2. The summed E-state index contributed by atoms with van der Waals surface area (Å²) in [7, 11) is 0. The van der Waals surface area contributed by atoms with Crippen molar-refractivity contribution in [3.8, 4) is 5.75 Å². The number of fused-ring (bicyclic) bond motifs is 1.